The number of hydrogen-bond acceptors (Lipinski definition) is 5. The summed E-state index contributed by atoms with van der Waals surface area (Å²) in [6.45, 7) is 6.04. The van der Waals surface area contributed by atoms with E-state index in [2.05, 4.69) is 0 Å². The number of furan rings is 1. The molecule has 1 fully saturated rings. The normalized spacial score (nSPS) is 17.6. The fourth-order valence-corrected chi connectivity index (χ4v) is 5.81. The largest absolute Gasteiger partial charge is 0.486 e. The van der Waals surface area contributed by atoms with Gasteiger partial charge in [0.05, 0.1) is 6.04 Å². The SMILES string of the molecule is CC(C)C(=O)N1CCc2ccc(OCc3ccc(C(=O)N4CCSCC4)o3)cc2C1c1ccc(F)cc1. The highest BCUT2D eigenvalue weighted by Gasteiger charge is 2.33. The molecule has 8 heteroatoms. The minimum Gasteiger partial charge on any atom is -0.486 e. The number of halogens is 1. The summed E-state index contributed by atoms with van der Waals surface area (Å²) in [7, 11) is 0. The van der Waals surface area contributed by atoms with Crippen molar-refractivity contribution >= 4 is 23.6 Å². The first-order valence-electron chi connectivity index (χ1n) is 12.7. The lowest BCUT2D eigenvalue weighted by Crippen LogP contribution is -2.42. The van der Waals surface area contributed by atoms with Gasteiger partial charge in [0.1, 0.15) is 23.9 Å². The van der Waals surface area contributed by atoms with Gasteiger partial charge in [0.25, 0.3) is 5.91 Å². The van der Waals surface area contributed by atoms with Crippen LogP contribution >= 0.6 is 11.8 Å². The molecule has 6 nitrogen and oxygen atoms in total. The van der Waals surface area contributed by atoms with E-state index in [0.717, 1.165) is 47.7 Å². The average Bonchev–Trinajstić information content (AvgIpc) is 3.40. The molecule has 2 aromatic carbocycles. The minimum absolute atomic E-state index is 0.0615. The number of benzene rings is 2. The third-order valence-electron chi connectivity index (χ3n) is 6.86. The summed E-state index contributed by atoms with van der Waals surface area (Å²) in [4.78, 5) is 29.5. The molecule has 2 amide bonds. The second-order valence-electron chi connectivity index (χ2n) is 9.71. The van der Waals surface area contributed by atoms with Gasteiger partial charge in [-0.1, -0.05) is 32.0 Å². The molecule has 2 aliphatic heterocycles. The molecule has 3 heterocycles. The van der Waals surface area contributed by atoms with E-state index in [4.69, 9.17) is 9.15 Å². The summed E-state index contributed by atoms with van der Waals surface area (Å²) < 4.78 is 25.5. The molecule has 0 spiro atoms. The number of nitrogens with zero attached hydrogens (tertiary/aromatic N) is 2. The fourth-order valence-electron chi connectivity index (χ4n) is 4.90. The summed E-state index contributed by atoms with van der Waals surface area (Å²) in [6, 6.07) is 15.4. The molecule has 37 heavy (non-hydrogen) atoms. The first kappa shape index (κ1) is 25.4. The number of fused-ring (bicyclic) bond motifs is 1. The van der Waals surface area contributed by atoms with E-state index < -0.39 is 0 Å². The Bertz CT molecular complexity index is 1270. The van der Waals surface area contributed by atoms with E-state index in [0.29, 0.717) is 23.8 Å². The van der Waals surface area contributed by atoms with Crippen LogP contribution in [0.2, 0.25) is 0 Å². The molecule has 1 unspecified atom stereocenters. The maximum absolute atomic E-state index is 13.7. The van der Waals surface area contributed by atoms with Crippen LogP contribution in [-0.4, -0.2) is 52.8 Å². The third-order valence-corrected chi connectivity index (χ3v) is 7.80. The molecule has 3 aromatic rings. The molecule has 1 aromatic heterocycles. The molecule has 0 aliphatic carbocycles. The summed E-state index contributed by atoms with van der Waals surface area (Å²) in [5, 5.41) is 0. The summed E-state index contributed by atoms with van der Waals surface area (Å²) >= 11 is 1.85. The molecule has 0 N–H and O–H groups in total. The van der Waals surface area contributed by atoms with Crippen LogP contribution in [0.25, 0.3) is 0 Å². The zero-order valence-corrected chi connectivity index (χ0v) is 21.9. The highest BCUT2D eigenvalue weighted by Crippen LogP contribution is 2.38. The second kappa shape index (κ2) is 11.0. The van der Waals surface area contributed by atoms with Crippen LogP contribution in [0.15, 0.2) is 59.0 Å². The summed E-state index contributed by atoms with van der Waals surface area (Å²) in [5.74, 6) is 2.94. The van der Waals surface area contributed by atoms with E-state index in [1.807, 2.05) is 53.6 Å². The Kier molecular flexibility index (Phi) is 7.55. The van der Waals surface area contributed by atoms with E-state index in [1.54, 1.807) is 24.3 Å². The number of carbonyl (C=O) groups excluding carboxylic acids is 2. The molecular weight excluding hydrogens is 491 g/mol. The molecule has 1 atom stereocenters. The van der Waals surface area contributed by atoms with Gasteiger partial charge in [0, 0.05) is 37.1 Å². The Labute approximate surface area is 220 Å². The van der Waals surface area contributed by atoms with Crippen LogP contribution in [-0.2, 0) is 17.8 Å². The van der Waals surface area contributed by atoms with Crippen molar-refractivity contribution in [1.82, 2.24) is 9.80 Å². The van der Waals surface area contributed by atoms with Gasteiger partial charge in [0.15, 0.2) is 5.76 Å². The molecule has 0 saturated carbocycles. The van der Waals surface area contributed by atoms with Crippen molar-refractivity contribution < 1.29 is 23.1 Å². The monoisotopic (exact) mass is 522 g/mol. The Morgan fingerprint density at radius 1 is 1.05 bits per heavy atom. The number of ether oxygens (including phenoxy) is 1. The Balaban J connectivity index is 1.36. The zero-order valence-electron chi connectivity index (χ0n) is 21.1. The number of carbonyl (C=O) groups is 2. The second-order valence-corrected chi connectivity index (χ2v) is 10.9. The average molecular weight is 523 g/mol. The van der Waals surface area contributed by atoms with Crippen LogP contribution < -0.4 is 4.74 Å². The third kappa shape index (κ3) is 5.54. The Morgan fingerprint density at radius 3 is 2.54 bits per heavy atom. The molecule has 194 valence electrons. The van der Waals surface area contributed by atoms with Gasteiger partial charge in [0.2, 0.25) is 5.91 Å². The van der Waals surface area contributed by atoms with Gasteiger partial charge in [-0.3, -0.25) is 9.59 Å². The molecule has 0 radical (unpaired) electrons. The Morgan fingerprint density at radius 2 is 1.81 bits per heavy atom. The first-order valence-corrected chi connectivity index (χ1v) is 13.8. The predicted molar refractivity (Wildman–Crippen MR) is 141 cm³/mol. The lowest BCUT2D eigenvalue weighted by atomic mass is 9.87. The van der Waals surface area contributed by atoms with E-state index >= 15 is 0 Å². The standard InChI is InChI=1S/C29H31FN2O4S/c1-19(2)28(33)32-12-11-20-5-8-23(17-25(20)27(32)21-3-6-22(30)7-4-21)35-18-24-9-10-26(36-24)29(34)31-13-15-37-16-14-31/h3-10,17,19,27H,11-16,18H2,1-2H3. The van der Waals surface area contributed by atoms with Crippen molar-refractivity contribution in [2.24, 2.45) is 5.92 Å². The van der Waals surface area contributed by atoms with E-state index in [-0.39, 0.29) is 36.2 Å². The van der Waals surface area contributed by atoms with Crippen molar-refractivity contribution in [3.05, 3.63) is 88.6 Å². The van der Waals surface area contributed by atoms with Crippen molar-refractivity contribution in [3.63, 3.8) is 0 Å². The molecule has 0 bridgehead atoms. The number of thioether (sulfide) groups is 1. The summed E-state index contributed by atoms with van der Waals surface area (Å²) in [6.07, 6.45) is 0.741. The lowest BCUT2D eigenvalue weighted by molar-refractivity contribution is -0.136. The maximum Gasteiger partial charge on any atom is 0.289 e. The van der Waals surface area contributed by atoms with Gasteiger partial charge in [-0.15, -0.1) is 0 Å². The smallest absolute Gasteiger partial charge is 0.289 e. The highest BCUT2D eigenvalue weighted by molar-refractivity contribution is 7.99. The van der Waals surface area contributed by atoms with Crippen LogP contribution in [0.3, 0.4) is 0 Å². The van der Waals surface area contributed by atoms with Crippen molar-refractivity contribution in [1.29, 1.82) is 0 Å². The summed E-state index contributed by atoms with van der Waals surface area (Å²) in [5.41, 5.74) is 2.97. The molecule has 1 saturated heterocycles. The molecular formula is C29H31FN2O4S. The van der Waals surface area contributed by atoms with Crippen LogP contribution in [0.1, 0.15) is 52.9 Å². The maximum atomic E-state index is 13.7. The van der Waals surface area contributed by atoms with Gasteiger partial charge >= 0.3 is 0 Å². The van der Waals surface area contributed by atoms with Crippen molar-refractivity contribution in [3.8, 4) is 5.75 Å². The number of amides is 2. The number of hydrogen-bond donors (Lipinski definition) is 0. The quantitative estimate of drug-likeness (QED) is 0.439. The van der Waals surface area contributed by atoms with Crippen LogP contribution in [0.4, 0.5) is 4.39 Å². The van der Waals surface area contributed by atoms with Gasteiger partial charge in [-0.25, -0.2) is 4.39 Å². The Hall–Kier alpha value is -3.26. The van der Waals surface area contributed by atoms with Gasteiger partial charge in [-0.05, 0) is 59.5 Å². The van der Waals surface area contributed by atoms with Crippen LogP contribution in [0, 0.1) is 11.7 Å². The lowest BCUT2D eigenvalue weighted by Gasteiger charge is -2.39. The number of rotatable bonds is 6. The predicted octanol–water partition coefficient (Wildman–Crippen LogP) is 5.32. The molecule has 2 aliphatic rings. The highest BCUT2D eigenvalue weighted by atomic mass is 32.2. The topological polar surface area (TPSA) is 63.0 Å². The van der Waals surface area contributed by atoms with E-state index in [1.165, 1.54) is 12.1 Å². The zero-order chi connectivity index (χ0) is 25.9. The molecule has 5 rings (SSSR count). The van der Waals surface area contributed by atoms with Gasteiger partial charge < -0.3 is 19.0 Å². The minimum atomic E-state index is -0.321. The van der Waals surface area contributed by atoms with Crippen LogP contribution in [0.5, 0.6) is 5.75 Å². The van der Waals surface area contributed by atoms with Gasteiger partial charge in [-0.2, -0.15) is 11.8 Å². The van der Waals surface area contributed by atoms with Crippen molar-refractivity contribution in [2.75, 3.05) is 31.1 Å². The van der Waals surface area contributed by atoms with E-state index in [9.17, 15) is 14.0 Å². The van der Waals surface area contributed by atoms with Crippen molar-refractivity contribution in [2.45, 2.75) is 32.9 Å². The fraction of sp³-hybridized carbons (Fsp3) is 0.379. The first-order chi connectivity index (χ1) is 17.9.